The number of benzene rings is 1. The number of pyridine rings is 1. The van der Waals surface area contributed by atoms with Crippen LogP contribution in [-0.4, -0.2) is 15.6 Å². The second-order valence-corrected chi connectivity index (χ2v) is 3.85. The van der Waals surface area contributed by atoms with Gasteiger partial charge in [-0.05, 0) is 12.1 Å². The lowest BCUT2D eigenvalue weighted by atomic mass is 10.2. The Morgan fingerprint density at radius 2 is 1.84 bits per heavy atom. The van der Waals surface area contributed by atoms with Crippen LogP contribution in [0.4, 0.5) is 8.78 Å². The van der Waals surface area contributed by atoms with Gasteiger partial charge in [0, 0.05) is 11.6 Å². The van der Waals surface area contributed by atoms with E-state index in [0.29, 0.717) is 0 Å². The fourth-order valence-electron chi connectivity index (χ4n) is 1.71. The maximum atomic E-state index is 13.5. The average Bonchev–Trinajstić information content (AvgIpc) is 2.36. The highest BCUT2D eigenvalue weighted by atomic mass is 19.2. The summed E-state index contributed by atoms with van der Waals surface area (Å²) in [5, 5.41) is 8.96. The standard InChI is InChI=1S/C13H9F2NO3/c14-9-4-1-3-8(12(9)15)7-16-10(13(18)19)5-2-6-11(16)17/h1-6H,7H2,(H,18,19). The molecule has 0 saturated heterocycles. The van der Waals surface area contributed by atoms with Crippen LogP contribution in [0, 0.1) is 11.6 Å². The van der Waals surface area contributed by atoms with Crippen LogP contribution < -0.4 is 5.56 Å². The third kappa shape index (κ3) is 2.52. The number of aromatic nitrogens is 1. The highest BCUT2D eigenvalue weighted by molar-refractivity contribution is 5.85. The molecule has 0 amide bonds. The molecule has 0 spiro atoms. The predicted molar refractivity (Wildman–Crippen MR) is 63.1 cm³/mol. The largest absolute Gasteiger partial charge is 0.477 e. The molecule has 19 heavy (non-hydrogen) atoms. The number of hydrogen-bond donors (Lipinski definition) is 1. The van der Waals surface area contributed by atoms with Gasteiger partial charge in [-0.1, -0.05) is 18.2 Å². The summed E-state index contributed by atoms with van der Waals surface area (Å²) in [5.41, 5.74) is -0.962. The SMILES string of the molecule is O=C(O)c1cccc(=O)n1Cc1cccc(F)c1F. The Morgan fingerprint density at radius 3 is 2.53 bits per heavy atom. The smallest absolute Gasteiger partial charge is 0.352 e. The van der Waals surface area contributed by atoms with Crippen molar-refractivity contribution < 1.29 is 18.7 Å². The molecular weight excluding hydrogens is 256 g/mol. The Kier molecular flexibility index (Phi) is 3.41. The highest BCUT2D eigenvalue weighted by Gasteiger charge is 2.14. The molecule has 2 rings (SSSR count). The van der Waals surface area contributed by atoms with Gasteiger partial charge in [0.2, 0.25) is 0 Å². The molecule has 0 bridgehead atoms. The van der Waals surface area contributed by atoms with E-state index >= 15 is 0 Å². The van der Waals surface area contributed by atoms with Gasteiger partial charge in [0.1, 0.15) is 5.69 Å². The normalized spacial score (nSPS) is 10.4. The van der Waals surface area contributed by atoms with E-state index < -0.39 is 23.2 Å². The number of carboxylic acids is 1. The molecule has 0 aliphatic rings. The Bertz CT molecular complexity index is 695. The number of hydrogen-bond acceptors (Lipinski definition) is 2. The number of carboxylic acid groups (broad SMARTS) is 1. The molecule has 0 fully saturated rings. The van der Waals surface area contributed by atoms with Crippen molar-refractivity contribution in [3.63, 3.8) is 0 Å². The number of rotatable bonds is 3. The first kappa shape index (κ1) is 12.9. The van der Waals surface area contributed by atoms with Gasteiger partial charge < -0.3 is 5.11 Å². The van der Waals surface area contributed by atoms with Crippen molar-refractivity contribution in [2.75, 3.05) is 0 Å². The molecule has 0 aliphatic carbocycles. The first-order valence-electron chi connectivity index (χ1n) is 5.36. The Hall–Kier alpha value is -2.50. The number of halogens is 2. The van der Waals surface area contributed by atoms with E-state index in [1.54, 1.807) is 0 Å². The number of aromatic carboxylic acids is 1. The summed E-state index contributed by atoms with van der Waals surface area (Å²) in [7, 11) is 0. The third-order valence-electron chi connectivity index (χ3n) is 2.63. The van der Waals surface area contributed by atoms with Gasteiger partial charge in [-0.3, -0.25) is 9.36 Å². The van der Waals surface area contributed by atoms with Crippen molar-refractivity contribution in [2.45, 2.75) is 6.54 Å². The van der Waals surface area contributed by atoms with Crippen LogP contribution in [0.3, 0.4) is 0 Å². The summed E-state index contributed by atoms with van der Waals surface area (Å²) in [6.45, 7) is -0.342. The quantitative estimate of drug-likeness (QED) is 0.921. The summed E-state index contributed by atoms with van der Waals surface area (Å²) < 4.78 is 27.5. The minimum Gasteiger partial charge on any atom is -0.477 e. The molecule has 1 aromatic carbocycles. The van der Waals surface area contributed by atoms with Crippen LogP contribution in [0.2, 0.25) is 0 Å². The van der Waals surface area contributed by atoms with E-state index in [4.69, 9.17) is 5.11 Å². The second kappa shape index (κ2) is 5.01. The lowest BCUT2D eigenvalue weighted by Crippen LogP contribution is -2.25. The van der Waals surface area contributed by atoms with Crippen molar-refractivity contribution in [3.8, 4) is 0 Å². The van der Waals surface area contributed by atoms with E-state index in [0.717, 1.165) is 16.7 Å². The minimum atomic E-state index is -1.31. The van der Waals surface area contributed by atoms with Crippen LogP contribution in [0.1, 0.15) is 16.1 Å². The molecule has 0 atom stereocenters. The van der Waals surface area contributed by atoms with Gasteiger partial charge in [0.15, 0.2) is 11.6 Å². The Balaban J connectivity index is 2.52. The molecule has 0 saturated carbocycles. The maximum Gasteiger partial charge on any atom is 0.352 e. The van der Waals surface area contributed by atoms with E-state index in [9.17, 15) is 18.4 Å². The van der Waals surface area contributed by atoms with Gasteiger partial charge in [-0.15, -0.1) is 0 Å². The first-order valence-corrected chi connectivity index (χ1v) is 5.36. The zero-order chi connectivity index (χ0) is 14.0. The average molecular weight is 265 g/mol. The zero-order valence-corrected chi connectivity index (χ0v) is 9.64. The van der Waals surface area contributed by atoms with Gasteiger partial charge in [0.25, 0.3) is 5.56 Å². The van der Waals surface area contributed by atoms with Crippen molar-refractivity contribution in [3.05, 3.63) is 69.6 Å². The van der Waals surface area contributed by atoms with Gasteiger partial charge >= 0.3 is 5.97 Å². The molecule has 0 radical (unpaired) electrons. The van der Waals surface area contributed by atoms with Crippen LogP contribution in [0.5, 0.6) is 0 Å². The molecular formula is C13H9F2NO3. The van der Waals surface area contributed by atoms with Crippen molar-refractivity contribution >= 4 is 5.97 Å². The molecule has 2 aromatic rings. The van der Waals surface area contributed by atoms with Crippen LogP contribution in [-0.2, 0) is 6.54 Å². The topological polar surface area (TPSA) is 59.3 Å². The van der Waals surface area contributed by atoms with E-state index in [1.807, 2.05) is 0 Å². The van der Waals surface area contributed by atoms with Gasteiger partial charge in [-0.2, -0.15) is 0 Å². The summed E-state index contributed by atoms with van der Waals surface area (Å²) in [6.07, 6.45) is 0. The summed E-state index contributed by atoms with van der Waals surface area (Å²) >= 11 is 0. The number of nitrogens with zero attached hydrogens (tertiary/aromatic N) is 1. The van der Waals surface area contributed by atoms with E-state index in [1.165, 1.54) is 24.3 Å². The van der Waals surface area contributed by atoms with Crippen LogP contribution in [0.15, 0.2) is 41.2 Å². The second-order valence-electron chi connectivity index (χ2n) is 3.85. The first-order chi connectivity index (χ1) is 9.00. The predicted octanol–water partition coefficient (Wildman–Crippen LogP) is 1.87. The molecule has 6 heteroatoms. The van der Waals surface area contributed by atoms with E-state index in [2.05, 4.69) is 0 Å². The molecule has 4 nitrogen and oxygen atoms in total. The monoisotopic (exact) mass is 265 g/mol. The van der Waals surface area contributed by atoms with Crippen molar-refractivity contribution in [1.29, 1.82) is 0 Å². The summed E-state index contributed by atoms with van der Waals surface area (Å²) in [5.74, 6) is -3.44. The lowest BCUT2D eigenvalue weighted by Gasteiger charge is -2.10. The molecule has 0 unspecified atom stereocenters. The van der Waals surface area contributed by atoms with E-state index in [-0.39, 0.29) is 17.8 Å². The van der Waals surface area contributed by atoms with Crippen LogP contribution >= 0.6 is 0 Å². The molecule has 1 N–H and O–H groups in total. The lowest BCUT2D eigenvalue weighted by molar-refractivity contribution is 0.0684. The minimum absolute atomic E-state index is 0.0872. The fourth-order valence-corrected chi connectivity index (χ4v) is 1.71. The molecule has 98 valence electrons. The Morgan fingerprint density at radius 1 is 1.16 bits per heavy atom. The summed E-state index contributed by atoms with van der Waals surface area (Å²) in [4.78, 5) is 22.6. The van der Waals surface area contributed by atoms with Crippen LogP contribution in [0.25, 0.3) is 0 Å². The maximum absolute atomic E-state index is 13.5. The third-order valence-corrected chi connectivity index (χ3v) is 2.63. The van der Waals surface area contributed by atoms with Crippen molar-refractivity contribution in [2.24, 2.45) is 0 Å². The highest BCUT2D eigenvalue weighted by Crippen LogP contribution is 2.13. The van der Waals surface area contributed by atoms with Crippen molar-refractivity contribution in [1.82, 2.24) is 4.57 Å². The summed E-state index contributed by atoms with van der Waals surface area (Å²) in [6, 6.07) is 7.21. The molecule has 1 aromatic heterocycles. The Labute approximate surface area is 106 Å². The van der Waals surface area contributed by atoms with Gasteiger partial charge in [-0.25, -0.2) is 13.6 Å². The zero-order valence-electron chi connectivity index (χ0n) is 9.64. The van der Waals surface area contributed by atoms with Gasteiger partial charge in [0.05, 0.1) is 6.54 Å². The molecule has 1 heterocycles. The molecule has 0 aliphatic heterocycles. The fraction of sp³-hybridized carbons (Fsp3) is 0.0769. The number of carbonyl (C=O) groups is 1.